The Morgan fingerprint density at radius 1 is 0.952 bits per heavy atom. The molecule has 18 heteroatoms. The summed E-state index contributed by atoms with van der Waals surface area (Å²) < 4.78 is 66.7. The van der Waals surface area contributed by atoms with E-state index in [4.69, 9.17) is 24.8 Å². The molecule has 0 radical (unpaired) electrons. The first-order chi connectivity index (χ1) is 19.6. The van der Waals surface area contributed by atoms with Gasteiger partial charge in [-0.15, -0.1) is 5.10 Å². The van der Waals surface area contributed by atoms with E-state index >= 15 is 0 Å². The average Bonchev–Trinajstić information content (AvgIpc) is 3.64. The standard InChI is InChI=1S/C20H26N6OS.2C2HF3O2/c27-17-7-8-24(14-17)12-16-13-26(23-22-16)11-15-5-9-25(10-6-15)20-21-18-3-1-2-4-19(18)28-20;2*3-2(4,5)1(6)7/h1-4,13,15,17,27H,5-12,14H2;2*(H,6,7). The van der Waals surface area contributed by atoms with Crippen LogP contribution < -0.4 is 4.90 Å². The molecule has 11 nitrogen and oxygen atoms in total. The Morgan fingerprint density at radius 3 is 2.07 bits per heavy atom. The van der Waals surface area contributed by atoms with E-state index in [0.29, 0.717) is 5.92 Å². The number of nitrogens with zero attached hydrogens (tertiary/aromatic N) is 6. The summed E-state index contributed by atoms with van der Waals surface area (Å²) in [6.45, 7) is 5.52. The lowest BCUT2D eigenvalue weighted by atomic mass is 9.97. The number of para-hydroxylation sites is 1. The SMILES string of the molecule is O=C(O)C(F)(F)F.O=C(O)C(F)(F)F.OC1CCN(Cc2cn(CC3CCN(c4nc5ccccc5s4)CC3)nn2)C1. The highest BCUT2D eigenvalue weighted by Crippen LogP contribution is 2.31. The van der Waals surface area contributed by atoms with E-state index in [2.05, 4.69) is 50.6 Å². The first kappa shape index (κ1) is 33.0. The Balaban J connectivity index is 0.000000289. The van der Waals surface area contributed by atoms with Gasteiger partial charge in [-0.1, -0.05) is 28.7 Å². The van der Waals surface area contributed by atoms with Crippen LogP contribution in [0.2, 0.25) is 0 Å². The van der Waals surface area contributed by atoms with Gasteiger partial charge in [-0.05, 0) is 37.3 Å². The third-order valence-electron chi connectivity index (χ3n) is 6.32. The largest absolute Gasteiger partial charge is 0.490 e. The van der Waals surface area contributed by atoms with Crippen molar-refractivity contribution in [2.75, 3.05) is 31.1 Å². The fraction of sp³-hybridized carbons (Fsp3) is 0.542. The molecule has 2 aromatic heterocycles. The second-order valence-corrected chi connectivity index (χ2v) is 10.6. The van der Waals surface area contributed by atoms with Crippen molar-refractivity contribution >= 4 is 38.6 Å². The van der Waals surface area contributed by atoms with Crippen LogP contribution in [-0.2, 0) is 22.7 Å². The second kappa shape index (κ2) is 14.1. The number of thiazole rings is 1. The smallest absolute Gasteiger partial charge is 0.475 e. The lowest BCUT2D eigenvalue weighted by molar-refractivity contribution is -0.193. The molecule has 3 N–H and O–H groups in total. The maximum atomic E-state index is 10.6. The van der Waals surface area contributed by atoms with E-state index in [9.17, 15) is 31.4 Å². The summed E-state index contributed by atoms with van der Waals surface area (Å²) in [6.07, 6.45) is -5.10. The van der Waals surface area contributed by atoms with Crippen LogP contribution in [0.3, 0.4) is 0 Å². The topological polar surface area (TPSA) is 145 Å². The molecule has 4 heterocycles. The van der Waals surface area contributed by atoms with E-state index < -0.39 is 24.3 Å². The monoisotopic (exact) mass is 626 g/mol. The summed E-state index contributed by atoms with van der Waals surface area (Å²) in [7, 11) is 0. The zero-order valence-corrected chi connectivity index (χ0v) is 22.7. The van der Waals surface area contributed by atoms with Gasteiger partial charge in [-0.3, -0.25) is 9.58 Å². The number of likely N-dealkylation sites (tertiary alicyclic amines) is 1. The molecule has 2 aliphatic rings. The van der Waals surface area contributed by atoms with Gasteiger partial charge < -0.3 is 20.2 Å². The van der Waals surface area contributed by atoms with Gasteiger partial charge in [0, 0.05) is 45.5 Å². The lowest BCUT2D eigenvalue weighted by Crippen LogP contribution is -2.35. The molecule has 0 amide bonds. The minimum Gasteiger partial charge on any atom is -0.475 e. The number of β-amino-alcohol motifs (C(OH)–C–C–N with tert-alkyl or cyclic N) is 1. The van der Waals surface area contributed by atoms with Crippen molar-refractivity contribution in [2.45, 2.75) is 50.8 Å². The molecule has 0 spiro atoms. The lowest BCUT2D eigenvalue weighted by Gasteiger charge is -2.31. The number of carboxylic acid groups (broad SMARTS) is 2. The van der Waals surface area contributed by atoms with Crippen molar-refractivity contribution in [1.29, 1.82) is 0 Å². The summed E-state index contributed by atoms with van der Waals surface area (Å²) >= 11 is 1.79. The molecule has 2 fully saturated rings. The fourth-order valence-electron chi connectivity index (χ4n) is 4.25. The Hall–Kier alpha value is -3.51. The van der Waals surface area contributed by atoms with Crippen molar-refractivity contribution in [3.63, 3.8) is 0 Å². The number of aliphatic hydroxyl groups excluding tert-OH is 1. The van der Waals surface area contributed by atoms with Crippen LogP contribution in [0.4, 0.5) is 31.5 Å². The van der Waals surface area contributed by atoms with Crippen LogP contribution in [0.1, 0.15) is 25.0 Å². The number of aromatic nitrogens is 4. The molecule has 2 aliphatic heterocycles. The number of hydrogen-bond donors (Lipinski definition) is 3. The normalized spacial score (nSPS) is 18.3. The summed E-state index contributed by atoms with van der Waals surface area (Å²) in [5.41, 5.74) is 2.10. The van der Waals surface area contributed by atoms with Gasteiger partial charge in [-0.2, -0.15) is 26.3 Å². The zero-order chi connectivity index (χ0) is 31.1. The zero-order valence-electron chi connectivity index (χ0n) is 21.9. The van der Waals surface area contributed by atoms with Crippen molar-refractivity contribution < 1.29 is 51.3 Å². The number of benzene rings is 1. The number of piperidine rings is 1. The molecular formula is C24H28F6N6O5S. The third kappa shape index (κ3) is 10.1. The van der Waals surface area contributed by atoms with Gasteiger partial charge in [0.1, 0.15) is 0 Å². The van der Waals surface area contributed by atoms with Crippen LogP contribution in [0.5, 0.6) is 0 Å². The summed E-state index contributed by atoms with van der Waals surface area (Å²) in [4.78, 5) is 27.3. The number of hydrogen-bond acceptors (Lipinski definition) is 9. The quantitative estimate of drug-likeness (QED) is 0.359. The van der Waals surface area contributed by atoms with Crippen molar-refractivity contribution in [3.05, 3.63) is 36.2 Å². The molecule has 0 aliphatic carbocycles. The highest BCUT2D eigenvalue weighted by atomic mass is 32.1. The van der Waals surface area contributed by atoms with Gasteiger partial charge in [0.25, 0.3) is 0 Å². The van der Waals surface area contributed by atoms with Gasteiger partial charge in [-0.25, -0.2) is 14.6 Å². The predicted octanol–water partition coefficient (Wildman–Crippen LogP) is 3.64. The van der Waals surface area contributed by atoms with Crippen molar-refractivity contribution in [2.24, 2.45) is 5.92 Å². The number of aliphatic carboxylic acids is 2. The predicted molar refractivity (Wildman–Crippen MR) is 138 cm³/mol. The molecule has 1 atom stereocenters. The summed E-state index contributed by atoms with van der Waals surface area (Å²) in [5, 5.41) is 33.7. The van der Waals surface area contributed by atoms with Crippen LogP contribution in [0.15, 0.2) is 30.5 Å². The Bertz CT molecular complexity index is 1270. The number of anilines is 1. The molecule has 3 aromatic rings. The number of carbonyl (C=O) groups is 2. The molecule has 5 rings (SSSR count). The summed E-state index contributed by atoms with van der Waals surface area (Å²) in [5.74, 6) is -4.88. The number of aliphatic hydroxyl groups is 1. The fourth-order valence-corrected chi connectivity index (χ4v) is 5.27. The highest BCUT2D eigenvalue weighted by Gasteiger charge is 2.39. The Labute approximate surface area is 239 Å². The van der Waals surface area contributed by atoms with Crippen molar-refractivity contribution in [3.8, 4) is 0 Å². The number of carboxylic acids is 2. The van der Waals surface area contributed by atoms with Gasteiger partial charge in [0.05, 0.1) is 22.0 Å². The third-order valence-corrected chi connectivity index (χ3v) is 7.41. The van der Waals surface area contributed by atoms with E-state index in [1.807, 2.05) is 4.68 Å². The van der Waals surface area contributed by atoms with E-state index in [-0.39, 0.29) is 6.10 Å². The number of halogens is 6. The van der Waals surface area contributed by atoms with Gasteiger partial charge >= 0.3 is 24.3 Å². The van der Waals surface area contributed by atoms with E-state index in [1.54, 1.807) is 11.3 Å². The number of fused-ring (bicyclic) bond motifs is 1. The number of rotatable bonds is 5. The maximum Gasteiger partial charge on any atom is 0.490 e. The van der Waals surface area contributed by atoms with Crippen LogP contribution in [0.25, 0.3) is 10.2 Å². The second-order valence-electron chi connectivity index (χ2n) is 9.61. The maximum absolute atomic E-state index is 10.6. The molecule has 232 valence electrons. The van der Waals surface area contributed by atoms with Gasteiger partial charge in [0.2, 0.25) is 0 Å². The number of alkyl halides is 6. The molecule has 0 bridgehead atoms. The minimum absolute atomic E-state index is 0.185. The first-order valence-electron chi connectivity index (χ1n) is 12.6. The average molecular weight is 627 g/mol. The van der Waals surface area contributed by atoms with Crippen LogP contribution >= 0.6 is 11.3 Å². The van der Waals surface area contributed by atoms with E-state index in [1.165, 1.54) is 4.70 Å². The molecular weight excluding hydrogens is 598 g/mol. The molecule has 1 unspecified atom stereocenters. The van der Waals surface area contributed by atoms with Crippen LogP contribution in [0, 0.1) is 5.92 Å². The van der Waals surface area contributed by atoms with Gasteiger partial charge in [0.15, 0.2) is 5.13 Å². The van der Waals surface area contributed by atoms with Crippen molar-refractivity contribution in [1.82, 2.24) is 24.9 Å². The molecule has 2 saturated heterocycles. The molecule has 42 heavy (non-hydrogen) atoms. The first-order valence-corrected chi connectivity index (χ1v) is 13.4. The Kier molecular flexibility index (Phi) is 11.1. The highest BCUT2D eigenvalue weighted by molar-refractivity contribution is 7.22. The van der Waals surface area contributed by atoms with E-state index in [0.717, 1.165) is 74.9 Å². The summed E-state index contributed by atoms with van der Waals surface area (Å²) in [6, 6.07) is 8.37. The Morgan fingerprint density at radius 2 is 1.55 bits per heavy atom. The minimum atomic E-state index is -5.08. The molecule has 1 aromatic carbocycles. The van der Waals surface area contributed by atoms with Crippen LogP contribution in [-0.4, -0.2) is 96.8 Å². The molecule has 0 saturated carbocycles.